The first-order chi connectivity index (χ1) is 15.1. The van der Waals surface area contributed by atoms with E-state index in [9.17, 15) is 22.8 Å². The number of aryl methyl sites for hydroxylation is 1. The summed E-state index contributed by atoms with van der Waals surface area (Å²) in [6.45, 7) is 3.56. The Labute approximate surface area is 181 Å². The number of rotatable bonds is 4. The van der Waals surface area contributed by atoms with Crippen molar-refractivity contribution < 1.29 is 22.8 Å². The van der Waals surface area contributed by atoms with E-state index in [1.165, 1.54) is 0 Å². The van der Waals surface area contributed by atoms with Crippen LogP contribution in [0, 0.1) is 24.4 Å². The lowest BCUT2D eigenvalue weighted by Gasteiger charge is -2.37. The normalized spacial score (nSPS) is 21.9. The Balaban J connectivity index is 1.32. The van der Waals surface area contributed by atoms with Crippen LogP contribution >= 0.6 is 0 Å². The van der Waals surface area contributed by atoms with E-state index in [2.05, 4.69) is 31.2 Å². The molecule has 9 nitrogen and oxygen atoms in total. The van der Waals surface area contributed by atoms with Gasteiger partial charge in [-0.2, -0.15) is 4.98 Å². The van der Waals surface area contributed by atoms with Gasteiger partial charge in [-0.15, -0.1) is 0 Å². The molecule has 1 aromatic heterocycles. The second kappa shape index (κ2) is 8.17. The third-order valence-corrected chi connectivity index (χ3v) is 5.70. The van der Waals surface area contributed by atoms with E-state index < -0.39 is 29.2 Å². The minimum atomic E-state index is -1.64. The maximum atomic E-state index is 13.7. The maximum Gasteiger partial charge on any atom is 0.319 e. The Morgan fingerprint density at radius 1 is 1.16 bits per heavy atom. The number of halogens is 3. The van der Waals surface area contributed by atoms with Gasteiger partial charge in [0.15, 0.2) is 23.3 Å². The highest BCUT2D eigenvalue weighted by molar-refractivity contribution is 6.03. The topological polar surface area (TPSA) is 111 Å². The molecule has 3 amide bonds. The molecule has 2 aliphatic rings. The number of fused-ring (bicyclic) bond motifs is 1. The summed E-state index contributed by atoms with van der Waals surface area (Å²) in [5.74, 6) is -3.52. The van der Waals surface area contributed by atoms with Crippen LogP contribution in [0.1, 0.15) is 25.5 Å². The van der Waals surface area contributed by atoms with Crippen LogP contribution in [0.25, 0.3) is 0 Å². The number of nitrogens with one attached hydrogen (secondary N) is 4. The van der Waals surface area contributed by atoms with Gasteiger partial charge in [-0.25, -0.2) is 22.9 Å². The number of nitrogens with zero attached hydrogens (tertiary/aromatic N) is 3. The number of carbonyl (C=O) groups is 2. The molecular weight excluding hydrogens is 427 g/mol. The van der Waals surface area contributed by atoms with E-state index in [1.807, 2.05) is 0 Å². The van der Waals surface area contributed by atoms with Gasteiger partial charge in [0.25, 0.3) is 0 Å². The molecule has 0 bridgehead atoms. The molecule has 2 aromatic rings. The highest BCUT2D eigenvalue weighted by Gasteiger charge is 2.33. The third-order valence-electron chi connectivity index (χ3n) is 5.70. The number of anilines is 4. The molecule has 2 heterocycles. The van der Waals surface area contributed by atoms with Crippen LogP contribution in [0.15, 0.2) is 12.1 Å². The number of likely N-dealkylation sites (N-methyl/N-ethyl adjacent to an activating group) is 1. The molecule has 32 heavy (non-hydrogen) atoms. The van der Waals surface area contributed by atoms with Crippen molar-refractivity contribution in [3.63, 3.8) is 0 Å². The molecule has 1 aromatic carbocycles. The van der Waals surface area contributed by atoms with Gasteiger partial charge < -0.3 is 26.2 Å². The van der Waals surface area contributed by atoms with Gasteiger partial charge in [-0.05, 0) is 38.8 Å². The number of aromatic nitrogens is 2. The molecule has 4 N–H and O–H groups in total. The van der Waals surface area contributed by atoms with Crippen molar-refractivity contribution in [3.05, 3.63) is 35.3 Å². The van der Waals surface area contributed by atoms with Crippen LogP contribution in [0.3, 0.4) is 0 Å². The van der Waals surface area contributed by atoms with Crippen LogP contribution in [0.2, 0.25) is 0 Å². The van der Waals surface area contributed by atoms with Crippen LogP contribution < -0.4 is 26.2 Å². The fourth-order valence-corrected chi connectivity index (χ4v) is 3.61. The average molecular weight is 449 g/mol. The van der Waals surface area contributed by atoms with Gasteiger partial charge in [-0.3, -0.25) is 4.79 Å². The number of hydrogen-bond acceptors (Lipinski definition) is 6. The van der Waals surface area contributed by atoms with Crippen molar-refractivity contribution >= 4 is 35.1 Å². The van der Waals surface area contributed by atoms with Crippen molar-refractivity contribution in [2.45, 2.75) is 44.8 Å². The molecule has 4 rings (SSSR count). The molecule has 0 unspecified atom stereocenters. The lowest BCUT2D eigenvalue weighted by Crippen LogP contribution is -2.51. The van der Waals surface area contributed by atoms with Crippen molar-refractivity contribution in [1.29, 1.82) is 0 Å². The van der Waals surface area contributed by atoms with E-state index in [0.29, 0.717) is 36.0 Å². The fourth-order valence-electron chi connectivity index (χ4n) is 3.61. The quantitative estimate of drug-likeness (QED) is 0.535. The standard InChI is InChI=1S/C20H22F3N7O2/c1-8-16-17(30(3)9(2)18(31)28-16)29-19(24-8)25-10-6-11(7-10)26-20(32)27-13-5-4-12(21)14(22)15(13)23/h4-5,9-11H,6-7H2,1-3H3,(H,28,31)(H,24,25,29)(H2,26,27,32)/t9-,10-,11+/m0/s1. The summed E-state index contributed by atoms with van der Waals surface area (Å²) in [7, 11) is 1.79. The zero-order valence-corrected chi connectivity index (χ0v) is 17.6. The summed E-state index contributed by atoms with van der Waals surface area (Å²) in [5.41, 5.74) is 0.765. The summed E-state index contributed by atoms with van der Waals surface area (Å²) in [6.07, 6.45) is 1.13. The first kappa shape index (κ1) is 21.7. The van der Waals surface area contributed by atoms with Gasteiger partial charge in [0.2, 0.25) is 11.9 Å². The Kier molecular flexibility index (Phi) is 5.53. The van der Waals surface area contributed by atoms with Gasteiger partial charge in [-0.1, -0.05) is 0 Å². The Morgan fingerprint density at radius 2 is 1.88 bits per heavy atom. The molecule has 1 fully saturated rings. The molecule has 170 valence electrons. The Morgan fingerprint density at radius 3 is 2.59 bits per heavy atom. The van der Waals surface area contributed by atoms with Crippen molar-refractivity contribution in [3.8, 4) is 0 Å². The lowest BCUT2D eigenvalue weighted by atomic mass is 9.87. The number of benzene rings is 1. The molecule has 0 radical (unpaired) electrons. The lowest BCUT2D eigenvalue weighted by molar-refractivity contribution is -0.117. The van der Waals surface area contributed by atoms with Crippen molar-refractivity contribution in [2.24, 2.45) is 0 Å². The van der Waals surface area contributed by atoms with E-state index in [4.69, 9.17) is 0 Å². The first-order valence-corrected chi connectivity index (χ1v) is 10.0. The molecule has 1 saturated carbocycles. The molecule has 0 spiro atoms. The number of hydrogen-bond donors (Lipinski definition) is 4. The van der Waals surface area contributed by atoms with Crippen LogP contribution in [-0.2, 0) is 4.79 Å². The molecule has 1 aliphatic heterocycles. The van der Waals surface area contributed by atoms with E-state index in [1.54, 1.807) is 25.8 Å². The van der Waals surface area contributed by atoms with Crippen LogP contribution in [0.4, 0.5) is 41.1 Å². The van der Waals surface area contributed by atoms with Gasteiger partial charge in [0.05, 0.1) is 11.4 Å². The fraction of sp³-hybridized carbons (Fsp3) is 0.400. The minimum absolute atomic E-state index is 0.00124. The summed E-state index contributed by atoms with van der Waals surface area (Å²) >= 11 is 0. The summed E-state index contributed by atoms with van der Waals surface area (Å²) < 4.78 is 39.9. The zero-order chi connectivity index (χ0) is 23.2. The summed E-state index contributed by atoms with van der Waals surface area (Å²) in [6, 6.07) is 0.418. The number of carbonyl (C=O) groups excluding carboxylic acids is 2. The second-order valence-electron chi connectivity index (χ2n) is 7.94. The highest BCUT2D eigenvalue weighted by atomic mass is 19.2. The summed E-state index contributed by atoms with van der Waals surface area (Å²) in [5, 5.41) is 10.9. The third kappa shape index (κ3) is 3.99. The SMILES string of the molecule is Cc1nc(N[C@H]2C[C@@H](NC(=O)Nc3ccc(F)c(F)c3F)C2)nc2c1NC(=O)[C@H](C)N2C. The molecular formula is C20H22F3N7O2. The van der Waals surface area contributed by atoms with Crippen LogP contribution in [-0.4, -0.2) is 47.1 Å². The van der Waals surface area contributed by atoms with E-state index >= 15 is 0 Å². The highest BCUT2D eigenvalue weighted by Crippen LogP contribution is 2.33. The summed E-state index contributed by atoms with van der Waals surface area (Å²) in [4.78, 5) is 34.7. The smallest absolute Gasteiger partial charge is 0.319 e. The van der Waals surface area contributed by atoms with Gasteiger partial charge in [0, 0.05) is 19.1 Å². The van der Waals surface area contributed by atoms with E-state index in [-0.39, 0.29) is 24.0 Å². The Hall–Kier alpha value is -3.57. The number of amides is 3. The van der Waals surface area contributed by atoms with Crippen molar-refractivity contribution in [1.82, 2.24) is 15.3 Å². The Bertz CT molecular complexity index is 1090. The zero-order valence-electron chi connectivity index (χ0n) is 17.6. The molecule has 1 atom stereocenters. The molecule has 1 aliphatic carbocycles. The van der Waals surface area contributed by atoms with Gasteiger partial charge >= 0.3 is 6.03 Å². The average Bonchev–Trinajstić information content (AvgIpc) is 2.72. The largest absolute Gasteiger partial charge is 0.351 e. The second-order valence-corrected chi connectivity index (χ2v) is 7.94. The predicted molar refractivity (Wildman–Crippen MR) is 112 cm³/mol. The minimum Gasteiger partial charge on any atom is -0.351 e. The monoisotopic (exact) mass is 449 g/mol. The predicted octanol–water partition coefficient (Wildman–Crippen LogP) is 2.74. The molecule has 12 heteroatoms. The van der Waals surface area contributed by atoms with Crippen LogP contribution in [0.5, 0.6) is 0 Å². The van der Waals surface area contributed by atoms with E-state index in [0.717, 1.165) is 12.1 Å². The maximum absolute atomic E-state index is 13.7. The number of urea groups is 1. The molecule has 0 saturated heterocycles. The van der Waals surface area contributed by atoms with Gasteiger partial charge in [0.1, 0.15) is 11.7 Å². The van der Waals surface area contributed by atoms with Crippen molar-refractivity contribution in [2.75, 3.05) is 27.9 Å². The first-order valence-electron chi connectivity index (χ1n) is 10.0.